The molecule has 1 aliphatic carbocycles. The number of nitrogens with zero attached hydrogens (tertiary/aromatic N) is 1. The van der Waals surface area contributed by atoms with E-state index in [-0.39, 0.29) is 18.9 Å². The number of rotatable bonds is 5. The molecule has 1 saturated carbocycles. The second-order valence-corrected chi connectivity index (χ2v) is 6.82. The Hall–Kier alpha value is -3.00. The minimum absolute atomic E-state index is 0.0933. The fraction of sp³-hybridized carbons (Fsp3) is 0.368. The molecule has 2 atom stereocenters. The maximum atomic E-state index is 11.8. The smallest absolute Gasteiger partial charge is 0.252 e. The monoisotopic (exact) mass is 369 g/mol. The van der Waals surface area contributed by atoms with Gasteiger partial charge in [-0.1, -0.05) is 18.9 Å². The molecule has 2 heterocycles. The van der Waals surface area contributed by atoms with E-state index in [0.29, 0.717) is 34.4 Å². The number of fused-ring (bicyclic) bond motifs is 1. The van der Waals surface area contributed by atoms with Crippen LogP contribution in [-0.4, -0.2) is 29.8 Å². The molecule has 27 heavy (non-hydrogen) atoms. The Morgan fingerprint density at radius 2 is 2.00 bits per heavy atom. The minimum atomic E-state index is -0.560. The summed E-state index contributed by atoms with van der Waals surface area (Å²) in [6.45, 7) is 0.158. The lowest BCUT2D eigenvalue weighted by molar-refractivity contribution is 0.100. The number of carbonyl (C=O) groups is 1. The molecule has 0 saturated heterocycles. The highest BCUT2D eigenvalue weighted by Gasteiger charge is 2.23. The summed E-state index contributed by atoms with van der Waals surface area (Å²) in [5, 5.41) is 6.55. The average Bonchev–Trinajstić information content (AvgIpc) is 3.13. The Labute approximate surface area is 157 Å². The van der Waals surface area contributed by atoms with E-state index in [1.807, 2.05) is 18.2 Å². The van der Waals surface area contributed by atoms with Gasteiger partial charge in [0.15, 0.2) is 11.5 Å². The third-order valence-electron chi connectivity index (χ3n) is 4.96. The van der Waals surface area contributed by atoms with Gasteiger partial charge in [0.05, 0.1) is 11.3 Å². The second-order valence-electron chi connectivity index (χ2n) is 6.82. The molecule has 142 valence electrons. The third-order valence-corrected chi connectivity index (χ3v) is 4.96. The van der Waals surface area contributed by atoms with Crippen molar-refractivity contribution in [2.75, 3.05) is 17.4 Å². The van der Waals surface area contributed by atoms with Crippen molar-refractivity contribution in [3.8, 4) is 11.5 Å². The molecular formula is C19H23N5O3. The van der Waals surface area contributed by atoms with Crippen LogP contribution in [0.25, 0.3) is 0 Å². The van der Waals surface area contributed by atoms with Gasteiger partial charge in [-0.25, -0.2) is 4.98 Å². The van der Waals surface area contributed by atoms with Crippen LogP contribution in [0.15, 0.2) is 30.3 Å². The Kier molecular flexibility index (Phi) is 4.72. The van der Waals surface area contributed by atoms with Crippen LogP contribution >= 0.6 is 0 Å². The Bertz CT molecular complexity index is 857. The molecule has 1 amide bonds. The molecule has 1 aromatic carbocycles. The largest absolute Gasteiger partial charge is 0.454 e. The van der Waals surface area contributed by atoms with Crippen LogP contribution in [0, 0.1) is 0 Å². The molecule has 2 aromatic rings. The van der Waals surface area contributed by atoms with Gasteiger partial charge in [0, 0.05) is 12.1 Å². The predicted molar refractivity (Wildman–Crippen MR) is 102 cm³/mol. The molecule has 0 radical (unpaired) electrons. The fourth-order valence-electron chi connectivity index (χ4n) is 3.52. The van der Waals surface area contributed by atoms with Gasteiger partial charge in [0.2, 0.25) is 6.79 Å². The SMILES string of the molecule is NC(=O)c1ccc(NC2CCCCC2N)nc1Nc1cccc2c1OCO2. The molecule has 2 aliphatic rings. The van der Waals surface area contributed by atoms with E-state index >= 15 is 0 Å². The van der Waals surface area contributed by atoms with Crippen LogP contribution in [0.4, 0.5) is 17.3 Å². The first-order chi connectivity index (χ1) is 13.1. The Morgan fingerprint density at radius 1 is 1.15 bits per heavy atom. The first kappa shape index (κ1) is 17.4. The average molecular weight is 369 g/mol. The highest BCUT2D eigenvalue weighted by molar-refractivity contribution is 5.98. The molecule has 6 N–H and O–H groups in total. The number of para-hydroxylation sites is 1. The van der Waals surface area contributed by atoms with E-state index in [9.17, 15) is 4.79 Å². The van der Waals surface area contributed by atoms with Gasteiger partial charge in [-0.2, -0.15) is 0 Å². The number of benzene rings is 1. The second kappa shape index (κ2) is 7.32. The summed E-state index contributed by atoms with van der Waals surface area (Å²) in [6, 6.07) is 9.15. The zero-order valence-electron chi connectivity index (χ0n) is 14.9. The highest BCUT2D eigenvalue weighted by atomic mass is 16.7. The Morgan fingerprint density at radius 3 is 2.81 bits per heavy atom. The van der Waals surface area contributed by atoms with Crippen LogP contribution in [0.1, 0.15) is 36.0 Å². The first-order valence-corrected chi connectivity index (χ1v) is 9.10. The van der Waals surface area contributed by atoms with Crippen molar-refractivity contribution in [2.45, 2.75) is 37.8 Å². The topological polar surface area (TPSA) is 125 Å². The zero-order valence-corrected chi connectivity index (χ0v) is 14.9. The number of nitrogens with two attached hydrogens (primary N) is 2. The van der Waals surface area contributed by atoms with Crippen molar-refractivity contribution in [2.24, 2.45) is 11.5 Å². The van der Waals surface area contributed by atoms with Gasteiger partial charge >= 0.3 is 0 Å². The van der Waals surface area contributed by atoms with Crippen LogP contribution in [0.2, 0.25) is 0 Å². The quantitative estimate of drug-likeness (QED) is 0.637. The van der Waals surface area contributed by atoms with Gasteiger partial charge in [0.1, 0.15) is 11.6 Å². The van der Waals surface area contributed by atoms with Crippen molar-refractivity contribution < 1.29 is 14.3 Å². The van der Waals surface area contributed by atoms with E-state index in [2.05, 4.69) is 15.6 Å². The van der Waals surface area contributed by atoms with Crippen LogP contribution in [-0.2, 0) is 0 Å². The van der Waals surface area contributed by atoms with Gasteiger partial charge in [-0.15, -0.1) is 0 Å². The molecule has 1 fully saturated rings. The summed E-state index contributed by atoms with van der Waals surface area (Å²) < 4.78 is 10.9. The first-order valence-electron chi connectivity index (χ1n) is 9.10. The summed E-state index contributed by atoms with van der Waals surface area (Å²) in [4.78, 5) is 16.4. The minimum Gasteiger partial charge on any atom is -0.454 e. The van der Waals surface area contributed by atoms with Crippen LogP contribution in [0.3, 0.4) is 0 Å². The number of anilines is 3. The lowest BCUT2D eigenvalue weighted by Gasteiger charge is -2.29. The van der Waals surface area contributed by atoms with E-state index in [4.69, 9.17) is 20.9 Å². The number of primary amides is 1. The van der Waals surface area contributed by atoms with Crippen molar-refractivity contribution in [1.82, 2.24) is 4.98 Å². The summed E-state index contributed by atoms with van der Waals surface area (Å²) in [7, 11) is 0. The van der Waals surface area contributed by atoms with E-state index in [1.54, 1.807) is 12.1 Å². The molecular weight excluding hydrogens is 346 g/mol. The van der Waals surface area contributed by atoms with E-state index in [0.717, 1.165) is 25.7 Å². The van der Waals surface area contributed by atoms with Gasteiger partial charge in [-0.05, 0) is 37.1 Å². The molecule has 1 aromatic heterocycles. The number of nitrogens with one attached hydrogen (secondary N) is 2. The summed E-state index contributed by atoms with van der Waals surface area (Å²) in [6.07, 6.45) is 4.29. The molecule has 2 unspecified atom stereocenters. The number of pyridine rings is 1. The number of hydrogen-bond acceptors (Lipinski definition) is 7. The van der Waals surface area contributed by atoms with Gasteiger partial charge < -0.3 is 31.6 Å². The zero-order chi connectivity index (χ0) is 18.8. The molecule has 0 bridgehead atoms. The number of carbonyl (C=O) groups excluding carboxylic acids is 1. The number of ether oxygens (including phenoxy) is 2. The maximum absolute atomic E-state index is 11.8. The normalized spacial score (nSPS) is 20.9. The summed E-state index contributed by atoms with van der Waals surface area (Å²) in [5.74, 6) is 1.68. The van der Waals surface area contributed by atoms with Crippen LogP contribution in [0.5, 0.6) is 11.5 Å². The number of amides is 1. The van der Waals surface area contributed by atoms with Gasteiger partial charge in [0.25, 0.3) is 5.91 Å². The van der Waals surface area contributed by atoms with Crippen molar-refractivity contribution in [1.29, 1.82) is 0 Å². The van der Waals surface area contributed by atoms with Crippen molar-refractivity contribution >= 4 is 23.2 Å². The van der Waals surface area contributed by atoms with E-state index in [1.165, 1.54) is 0 Å². The molecule has 4 rings (SSSR count). The molecule has 8 heteroatoms. The number of hydrogen-bond donors (Lipinski definition) is 4. The molecule has 8 nitrogen and oxygen atoms in total. The van der Waals surface area contributed by atoms with Crippen LogP contribution < -0.4 is 31.6 Å². The van der Waals surface area contributed by atoms with E-state index < -0.39 is 5.91 Å². The lowest BCUT2D eigenvalue weighted by Crippen LogP contribution is -2.42. The fourth-order valence-corrected chi connectivity index (χ4v) is 3.52. The number of aromatic nitrogens is 1. The summed E-state index contributed by atoms with van der Waals surface area (Å²) >= 11 is 0. The Balaban J connectivity index is 1.62. The maximum Gasteiger partial charge on any atom is 0.252 e. The highest BCUT2D eigenvalue weighted by Crippen LogP contribution is 2.40. The standard InChI is InChI=1S/C19H23N5O3/c20-12-4-1-2-5-13(12)22-16-9-8-11(18(21)25)19(24-16)23-14-6-3-7-15-17(14)27-10-26-15/h3,6-9,12-13H,1-2,4-5,10,20H2,(H2,21,25)(H2,22,23,24). The van der Waals surface area contributed by atoms with Crippen molar-refractivity contribution in [3.63, 3.8) is 0 Å². The summed E-state index contributed by atoms with van der Waals surface area (Å²) in [5.41, 5.74) is 12.7. The third kappa shape index (κ3) is 3.61. The lowest BCUT2D eigenvalue weighted by atomic mass is 9.91. The van der Waals surface area contributed by atoms with Gasteiger partial charge in [-0.3, -0.25) is 4.79 Å². The molecule has 0 spiro atoms. The van der Waals surface area contributed by atoms with Crippen molar-refractivity contribution in [3.05, 3.63) is 35.9 Å². The molecule has 1 aliphatic heterocycles. The predicted octanol–water partition coefficient (Wildman–Crippen LogP) is 2.33.